The number of methoxy groups -OCH3 is 2. The van der Waals surface area contributed by atoms with Gasteiger partial charge < -0.3 is 14.8 Å². The number of hydrogen-bond acceptors (Lipinski definition) is 5. The van der Waals surface area contributed by atoms with Crippen molar-refractivity contribution in [3.05, 3.63) is 72.3 Å². The highest BCUT2D eigenvalue weighted by atomic mass is 16.5. The standard InChI is InChI=1S/C27H27N3O5/c1-17-5-10-21(11-6-17)30-18(2)26(32)29(27(30)33)16-25(31)28-20-9-14-24(35-4)23(15-20)19-7-12-22(34-3)13-8-19/h5-15,18H,16H2,1-4H3,(H,28,31). The number of anilines is 2. The van der Waals surface area contributed by atoms with Crippen LogP contribution in [0.2, 0.25) is 0 Å². The molecule has 0 aromatic heterocycles. The number of aryl methyl sites for hydroxylation is 1. The predicted octanol–water partition coefficient (Wildman–Crippen LogP) is 4.48. The van der Waals surface area contributed by atoms with Gasteiger partial charge in [-0.3, -0.25) is 19.4 Å². The molecule has 0 radical (unpaired) electrons. The first-order chi connectivity index (χ1) is 16.8. The van der Waals surface area contributed by atoms with Crippen LogP contribution in [0.3, 0.4) is 0 Å². The zero-order valence-corrected chi connectivity index (χ0v) is 20.1. The first-order valence-corrected chi connectivity index (χ1v) is 11.2. The maximum Gasteiger partial charge on any atom is 0.332 e. The second-order valence-corrected chi connectivity index (χ2v) is 8.28. The average molecular weight is 474 g/mol. The second kappa shape index (κ2) is 9.89. The third-order valence-electron chi connectivity index (χ3n) is 5.95. The Labute approximate surface area is 204 Å². The van der Waals surface area contributed by atoms with Crippen LogP contribution in [0.15, 0.2) is 66.7 Å². The summed E-state index contributed by atoms with van der Waals surface area (Å²) >= 11 is 0. The molecule has 8 nitrogen and oxygen atoms in total. The fraction of sp³-hybridized carbons (Fsp3) is 0.222. The summed E-state index contributed by atoms with van der Waals surface area (Å²) < 4.78 is 10.7. The quantitative estimate of drug-likeness (QED) is 0.512. The molecule has 0 saturated carbocycles. The molecule has 1 N–H and O–H groups in total. The van der Waals surface area contributed by atoms with Gasteiger partial charge in [-0.2, -0.15) is 0 Å². The fourth-order valence-corrected chi connectivity index (χ4v) is 4.04. The molecule has 4 amide bonds. The topological polar surface area (TPSA) is 88.2 Å². The summed E-state index contributed by atoms with van der Waals surface area (Å²) in [5, 5.41) is 2.79. The Morgan fingerprint density at radius 2 is 1.63 bits per heavy atom. The lowest BCUT2D eigenvalue weighted by molar-refractivity contribution is -0.130. The summed E-state index contributed by atoms with van der Waals surface area (Å²) in [5.41, 5.74) is 3.84. The summed E-state index contributed by atoms with van der Waals surface area (Å²) in [6.45, 7) is 3.22. The van der Waals surface area contributed by atoms with Crippen molar-refractivity contribution >= 4 is 29.2 Å². The van der Waals surface area contributed by atoms with Crippen LogP contribution in [-0.4, -0.2) is 49.6 Å². The van der Waals surface area contributed by atoms with Crippen LogP contribution >= 0.6 is 0 Å². The van der Waals surface area contributed by atoms with E-state index in [0.717, 1.165) is 27.3 Å². The van der Waals surface area contributed by atoms with Gasteiger partial charge in [-0.25, -0.2) is 4.79 Å². The van der Waals surface area contributed by atoms with Crippen molar-refractivity contribution in [1.29, 1.82) is 0 Å². The van der Waals surface area contributed by atoms with E-state index in [0.29, 0.717) is 17.1 Å². The molecular weight excluding hydrogens is 446 g/mol. The maximum absolute atomic E-state index is 13.0. The molecule has 0 aliphatic carbocycles. The third kappa shape index (κ3) is 4.82. The average Bonchev–Trinajstić information content (AvgIpc) is 3.07. The molecule has 4 rings (SSSR count). The Balaban J connectivity index is 1.50. The Hall–Kier alpha value is -4.33. The number of carbonyl (C=O) groups excluding carboxylic acids is 3. The molecule has 180 valence electrons. The van der Waals surface area contributed by atoms with E-state index in [2.05, 4.69) is 5.32 Å². The van der Waals surface area contributed by atoms with Crippen molar-refractivity contribution in [3.63, 3.8) is 0 Å². The molecule has 1 saturated heterocycles. The highest BCUT2D eigenvalue weighted by molar-refractivity contribution is 6.16. The van der Waals surface area contributed by atoms with Crippen LogP contribution in [0.5, 0.6) is 11.5 Å². The van der Waals surface area contributed by atoms with Gasteiger partial charge in [0, 0.05) is 16.9 Å². The van der Waals surface area contributed by atoms with Gasteiger partial charge in [-0.05, 0) is 61.9 Å². The number of amides is 4. The highest BCUT2D eigenvalue weighted by Gasteiger charge is 2.44. The van der Waals surface area contributed by atoms with Gasteiger partial charge in [0.1, 0.15) is 24.1 Å². The minimum absolute atomic E-state index is 0.381. The van der Waals surface area contributed by atoms with E-state index < -0.39 is 23.9 Å². The van der Waals surface area contributed by atoms with Crippen molar-refractivity contribution in [2.24, 2.45) is 0 Å². The molecule has 0 bridgehead atoms. The number of nitrogens with one attached hydrogen (secondary N) is 1. The van der Waals surface area contributed by atoms with Gasteiger partial charge >= 0.3 is 6.03 Å². The summed E-state index contributed by atoms with van der Waals surface area (Å²) in [6.07, 6.45) is 0. The van der Waals surface area contributed by atoms with Crippen molar-refractivity contribution in [2.75, 3.05) is 31.0 Å². The Morgan fingerprint density at radius 1 is 0.943 bits per heavy atom. The number of hydrogen-bond donors (Lipinski definition) is 1. The molecule has 1 aliphatic rings. The van der Waals surface area contributed by atoms with Crippen molar-refractivity contribution in [1.82, 2.24) is 4.90 Å². The minimum Gasteiger partial charge on any atom is -0.497 e. The number of ether oxygens (including phenoxy) is 2. The summed E-state index contributed by atoms with van der Waals surface area (Å²) in [4.78, 5) is 41.0. The third-order valence-corrected chi connectivity index (χ3v) is 5.95. The summed E-state index contributed by atoms with van der Waals surface area (Å²) in [5.74, 6) is 0.474. The number of carbonyl (C=O) groups is 3. The summed E-state index contributed by atoms with van der Waals surface area (Å²) in [6, 6.07) is 18.8. The zero-order valence-electron chi connectivity index (χ0n) is 20.1. The van der Waals surface area contributed by atoms with E-state index >= 15 is 0 Å². The number of imide groups is 1. The normalized spacial score (nSPS) is 15.4. The SMILES string of the molecule is COc1ccc(-c2cc(NC(=O)CN3C(=O)C(C)N(c4ccc(C)cc4)C3=O)ccc2OC)cc1. The largest absolute Gasteiger partial charge is 0.497 e. The number of nitrogens with zero attached hydrogens (tertiary/aromatic N) is 2. The van der Waals surface area contributed by atoms with Crippen LogP contribution in [0.25, 0.3) is 11.1 Å². The number of benzene rings is 3. The Kier molecular flexibility index (Phi) is 6.73. The van der Waals surface area contributed by atoms with Gasteiger partial charge in [-0.15, -0.1) is 0 Å². The van der Waals surface area contributed by atoms with Gasteiger partial charge in [-0.1, -0.05) is 29.8 Å². The molecule has 1 fully saturated rings. The fourth-order valence-electron chi connectivity index (χ4n) is 4.04. The van der Waals surface area contributed by atoms with E-state index in [-0.39, 0.29) is 6.54 Å². The molecule has 3 aromatic carbocycles. The highest BCUT2D eigenvalue weighted by Crippen LogP contribution is 2.33. The molecule has 1 atom stereocenters. The van der Waals surface area contributed by atoms with Crippen molar-refractivity contribution < 1.29 is 23.9 Å². The summed E-state index contributed by atoms with van der Waals surface area (Å²) in [7, 11) is 3.18. The van der Waals surface area contributed by atoms with Gasteiger partial charge in [0.05, 0.1) is 14.2 Å². The molecule has 0 spiro atoms. The first kappa shape index (κ1) is 23.8. The molecule has 3 aromatic rings. The molecule has 1 heterocycles. The number of urea groups is 1. The Bertz CT molecular complexity index is 1250. The van der Waals surface area contributed by atoms with Crippen molar-refractivity contribution in [2.45, 2.75) is 19.9 Å². The number of rotatable bonds is 7. The van der Waals surface area contributed by atoms with Gasteiger partial charge in [0.15, 0.2) is 0 Å². The molecule has 35 heavy (non-hydrogen) atoms. The molecule has 8 heteroatoms. The first-order valence-electron chi connectivity index (χ1n) is 11.2. The van der Waals surface area contributed by atoms with Crippen LogP contribution in [0.4, 0.5) is 16.2 Å². The Morgan fingerprint density at radius 3 is 2.26 bits per heavy atom. The van der Waals surface area contributed by atoms with Crippen LogP contribution in [0.1, 0.15) is 12.5 Å². The maximum atomic E-state index is 13.0. The molecule has 1 aliphatic heterocycles. The van der Waals surface area contributed by atoms with E-state index in [4.69, 9.17) is 9.47 Å². The van der Waals surface area contributed by atoms with E-state index in [1.54, 1.807) is 51.5 Å². The lowest BCUT2D eigenvalue weighted by atomic mass is 10.0. The predicted molar refractivity (Wildman–Crippen MR) is 134 cm³/mol. The van der Waals surface area contributed by atoms with Gasteiger partial charge in [0.2, 0.25) is 5.91 Å². The molecular formula is C27H27N3O5. The van der Waals surface area contributed by atoms with Crippen LogP contribution in [-0.2, 0) is 9.59 Å². The van der Waals surface area contributed by atoms with Crippen molar-refractivity contribution in [3.8, 4) is 22.6 Å². The van der Waals surface area contributed by atoms with E-state index in [9.17, 15) is 14.4 Å². The lowest BCUT2D eigenvalue weighted by Gasteiger charge is -2.19. The van der Waals surface area contributed by atoms with E-state index in [1.807, 2.05) is 43.3 Å². The van der Waals surface area contributed by atoms with Crippen LogP contribution < -0.4 is 19.7 Å². The van der Waals surface area contributed by atoms with E-state index in [1.165, 1.54) is 4.90 Å². The second-order valence-electron chi connectivity index (χ2n) is 8.28. The lowest BCUT2D eigenvalue weighted by Crippen LogP contribution is -2.39. The monoisotopic (exact) mass is 473 g/mol. The zero-order chi connectivity index (χ0) is 25.1. The molecule has 1 unspecified atom stereocenters. The minimum atomic E-state index is -0.694. The van der Waals surface area contributed by atoms with Crippen LogP contribution in [0, 0.1) is 6.92 Å². The smallest absolute Gasteiger partial charge is 0.332 e. The van der Waals surface area contributed by atoms with Gasteiger partial charge in [0.25, 0.3) is 5.91 Å².